The second-order valence-corrected chi connectivity index (χ2v) is 6.57. The molecular weight excluding hydrogens is 240 g/mol. The van der Waals surface area contributed by atoms with Crippen LogP contribution < -0.4 is 10.6 Å². The van der Waals surface area contributed by atoms with Gasteiger partial charge in [0.05, 0.1) is 0 Å². The van der Waals surface area contributed by atoms with Crippen LogP contribution in [0.5, 0.6) is 0 Å². The van der Waals surface area contributed by atoms with E-state index < -0.39 is 0 Å². The number of hydrogen-bond donors (Lipinski definition) is 3. The molecule has 2 amide bonds. The van der Waals surface area contributed by atoms with Crippen LogP contribution >= 0.6 is 0 Å². The number of aliphatic hydroxyl groups is 1. The largest absolute Gasteiger partial charge is 0.396 e. The Kier molecular flexibility index (Phi) is 5.08. The van der Waals surface area contributed by atoms with Crippen LogP contribution in [0.2, 0.25) is 0 Å². The van der Waals surface area contributed by atoms with Crippen LogP contribution in [0.4, 0.5) is 4.79 Å². The lowest BCUT2D eigenvalue weighted by Crippen LogP contribution is -2.44. The Balaban J connectivity index is 1.59. The van der Waals surface area contributed by atoms with Crippen molar-refractivity contribution in [2.45, 2.75) is 52.0 Å². The summed E-state index contributed by atoms with van der Waals surface area (Å²) in [6.07, 6.45) is 6.78. The van der Waals surface area contributed by atoms with E-state index >= 15 is 0 Å². The molecule has 0 aromatic rings. The summed E-state index contributed by atoms with van der Waals surface area (Å²) in [4.78, 5) is 11.7. The fourth-order valence-electron chi connectivity index (χ4n) is 3.66. The summed E-state index contributed by atoms with van der Waals surface area (Å²) in [6.45, 7) is 4.74. The predicted octanol–water partition coefficient (Wildman–Crippen LogP) is 2.13. The fourth-order valence-corrected chi connectivity index (χ4v) is 3.66. The van der Waals surface area contributed by atoms with E-state index in [4.69, 9.17) is 5.11 Å². The van der Waals surface area contributed by atoms with Gasteiger partial charge < -0.3 is 15.7 Å². The third-order valence-corrected chi connectivity index (χ3v) is 5.19. The molecule has 0 radical (unpaired) electrons. The number of carbonyl (C=O) groups excluding carboxylic acids is 1. The van der Waals surface area contributed by atoms with Crippen molar-refractivity contribution in [2.24, 2.45) is 23.7 Å². The number of nitrogens with one attached hydrogen (secondary N) is 2. The van der Waals surface area contributed by atoms with E-state index in [2.05, 4.69) is 10.6 Å². The van der Waals surface area contributed by atoms with Gasteiger partial charge in [0.2, 0.25) is 0 Å². The summed E-state index contributed by atoms with van der Waals surface area (Å²) in [6, 6.07) is -0.0940. The summed E-state index contributed by atoms with van der Waals surface area (Å²) >= 11 is 0. The first kappa shape index (κ1) is 14.6. The first-order valence-corrected chi connectivity index (χ1v) is 7.75. The summed E-state index contributed by atoms with van der Waals surface area (Å²) in [5.41, 5.74) is 0. The quantitative estimate of drug-likeness (QED) is 0.691. The van der Waals surface area contributed by atoms with E-state index in [1.807, 2.05) is 13.8 Å². The molecule has 0 heterocycles. The summed E-state index contributed by atoms with van der Waals surface area (Å²) < 4.78 is 0. The molecule has 2 aliphatic carbocycles. The average molecular weight is 268 g/mol. The first-order chi connectivity index (χ1) is 9.10. The van der Waals surface area contributed by atoms with Crippen molar-refractivity contribution in [1.82, 2.24) is 10.6 Å². The Bertz CT molecular complexity index is 309. The zero-order valence-electron chi connectivity index (χ0n) is 12.2. The molecule has 0 saturated heterocycles. The van der Waals surface area contributed by atoms with Crippen LogP contribution in [0, 0.1) is 23.7 Å². The number of aliphatic hydroxyl groups excluding tert-OH is 1. The highest BCUT2D eigenvalue weighted by Gasteiger charge is 2.38. The van der Waals surface area contributed by atoms with Gasteiger partial charge in [0.1, 0.15) is 0 Å². The van der Waals surface area contributed by atoms with Gasteiger partial charge in [-0.15, -0.1) is 0 Å². The molecule has 4 heteroatoms. The standard InChI is InChI=1S/C15H28N2O2/c1-10(9-18)11(2)17-15(19)16-6-5-14-8-12-3-4-13(14)7-12/h10-14,18H,3-9H2,1-2H3,(H2,16,17,19). The lowest BCUT2D eigenvalue weighted by atomic mass is 9.86. The molecule has 0 aromatic heterocycles. The lowest BCUT2D eigenvalue weighted by Gasteiger charge is -2.22. The zero-order chi connectivity index (χ0) is 13.8. The van der Waals surface area contributed by atoms with Gasteiger partial charge in [0.25, 0.3) is 0 Å². The van der Waals surface area contributed by atoms with Gasteiger partial charge in [-0.3, -0.25) is 0 Å². The van der Waals surface area contributed by atoms with Crippen molar-refractivity contribution in [3.05, 3.63) is 0 Å². The molecule has 2 aliphatic rings. The third kappa shape index (κ3) is 3.85. The highest BCUT2D eigenvalue weighted by Crippen LogP contribution is 2.49. The van der Waals surface area contributed by atoms with E-state index in [9.17, 15) is 4.79 Å². The van der Waals surface area contributed by atoms with E-state index in [-0.39, 0.29) is 24.6 Å². The number of amides is 2. The minimum Gasteiger partial charge on any atom is -0.396 e. The van der Waals surface area contributed by atoms with Crippen LogP contribution in [0.15, 0.2) is 0 Å². The van der Waals surface area contributed by atoms with Gasteiger partial charge in [0.15, 0.2) is 0 Å². The topological polar surface area (TPSA) is 61.4 Å². The van der Waals surface area contributed by atoms with Crippen molar-refractivity contribution in [3.8, 4) is 0 Å². The van der Waals surface area contributed by atoms with E-state index in [1.165, 1.54) is 25.7 Å². The van der Waals surface area contributed by atoms with Crippen molar-refractivity contribution in [1.29, 1.82) is 0 Å². The van der Waals surface area contributed by atoms with Gasteiger partial charge in [0, 0.05) is 19.2 Å². The van der Waals surface area contributed by atoms with Gasteiger partial charge >= 0.3 is 6.03 Å². The average Bonchev–Trinajstić information content (AvgIpc) is 2.99. The molecule has 0 spiro atoms. The Morgan fingerprint density at radius 3 is 2.68 bits per heavy atom. The Labute approximate surface area is 116 Å². The normalized spacial score (nSPS) is 32.1. The monoisotopic (exact) mass is 268 g/mol. The molecular formula is C15H28N2O2. The number of urea groups is 1. The fraction of sp³-hybridized carbons (Fsp3) is 0.933. The number of rotatable bonds is 6. The van der Waals surface area contributed by atoms with E-state index in [0.717, 1.165) is 30.7 Å². The van der Waals surface area contributed by atoms with Crippen molar-refractivity contribution in [3.63, 3.8) is 0 Å². The third-order valence-electron chi connectivity index (χ3n) is 5.19. The smallest absolute Gasteiger partial charge is 0.315 e. The predicted molar refractivity (Wildman–Crippen MR) is 75.8 cm³/mol. The first-order valence-electron chi connectivity index (χ1n) is 7.75. The highest BCUT2D eigenvalue weighted by atomic mass is 16.3. The molecule has 0 aliphatic heterocycles. The Morgan fingerprint density at radius 2 is 2.11 bits per heavy atom. The number of fused-ring (bicyclic) bond motifs is 2. The molecule has 2 fully saturated rings. The van der Waals surface area contributed by atoms with Crippen LogP contribution in [0.1, 0.15) is 46.0 Å². The van der Waals surface area contributed by atoms with Crippen LogP contribution in [0.25, 0.3) is 0 Å². The minimum atomic E-state index is -0.101. The van der Waals surface area contributed by atoms with Gasteiger partial charge in [-0.05, 0) is 56.3 Å². The lowest BCUT2D eigenvalue weighted by molar-refractivity contribution is 0.200. The maximum atomic E-state index is 11.7. The van der Waals surface area contributed by atoms with Crippen molar-refractivity contribution >= 4 is 6.03 Å². The van der Waals surface area contributed by atoms with Gasteiger partial charge in [-0.1, -0.05) is 13.3 Å². The molecule has 0 aromatic carbocycles. The SMILES string of the molecule is CC(CO)C(C)NC(=O)NCCC1CC2CCC1C2. The molecule has 3 N–H and O–H groups in total. The van der Waals surface area contributed by atoms with Crippen molar-refractivity contribution < 1.29 is 9.90 Å². The second-order valence-electron chi connectivity index (χ2n) is 6.57. The zero-order valence-corrected chi connectivity index (χ0v) is 12.2. The van der Waals surface area contributed by atoms with Crippen LogP contribution in [-0.4, -0.2) is 30.3 Å². The van der Waals surface area contributed by atoms with Gasteiger partial charge in [-0.25, -0.2) is 4.79 Å². The van der Waals surface area contributed by atoms with Gasteiger partial charge in [-0.2, -0.15) is 0 Å². The van der Waals surface area contributed by atoms with Crippen LogP contribution in [0.3, 0.4) is 0 Å². The maximum absolute atomic E-state index is 11.7. The summed E-state index contributed by atoms with van der Waals surface area (Å²) in [5, 5.41) is 14.9. The highest BCUT2D eigenvalue weighted by molar-refractivity contribution is 5.74. The molecule has 2 bridgehead atoms. The minimum absolute atomic E-state index is 0.00694. The van der Waals surface area contributed by atoms with Crippen LogP contribution in [-0.2, 0) is 0 Å². The Hall–Kier alpha value is -0.770. The molecule has 110 valence electrons. The Morgan fingerprint density at radius 1 is 1.32 bits per heavy atom. The number of carbonyl (C=O) groups is 1. The van der Waals surface area contributed by atoms with Crippen molar-refractivity contribution in [2.75, 3.05) is 13.2 Å². The summed E-state index contributed by atoms with van der Waals surface area (Å²) in [7, 11) is 0. The molecule has 5 atom stereocenters. The number of hydrogen-bond acceptors (Lipinski definition) is 2. The second kappa shape index (κ2) is 6.60. The van der Waals surface area contributed by atoms with E-state index in [0.29, 0.717) is 0 Å². The summed E-state index contributed by atoms with van der Waals surface area (Å²) in [5.74, 6) is 2.85. The molecule has 19 heavy (non-hydrogen) atoms. The maximum Gasteiger partial charge on any atom is 0.315 e. The van der Waals surface area contributed by atoms with E-state index in [1.54, 1.807) is 0 Å². The molecule has 4 nitrogen and oxygen atoms in total. The molecule has 2 saturated carbocycles. The molecule has 5 unspecified atom stereocenters. The molecule has 2 rings (SSSR count).